The van der Waals surface area contributed by atoms with Crippen molar-refractivity contribution in [2.45, 2.75) is 52.7 Å². The summed E-state index contributed by atoms with van der Waals surface area (Å²) in [4.78, 5) is 38.5. The second-order valence-corrected chi connectivity index (χ2v) is 11.6. The number of nitrogens with zero attached hydrogens (tertiary/aromatic N) is 2. The van der Waals surface area contributed by atoms with E-state index in [0.717, 1.165) is 46.8 Å². The topological polar surface area (TPSA) is 145 Å². The van der Waals surface area contributed by atoms with Crippen LogP contribution in [0.15, 0.2) is 80.9 Å². The monoisotopic (exact) mass is 579 g/mol. The molecule has 0 fully saturated rings. The first-order valence-corrected chi connectivity index (χ1v) is 14.1. The Morgan fingerprint density at radius 1 is 0.872 bits per heavy atom. The molecule has 5 N–H and O–H groups in total. The van der Waals surface area contributed by atoms with Crippen molar-refractivity contribution in [3.63, 3.8) is 0 Å². The number of ether oxygens (including phenoxy) is 2. The van der Waals surface area contributed by atoms with E-state index in [2.05, 4.69) is 19.6 Å². The number of hydrogen-bond donors (Lipinski definition) is 3. The first-order valence-electron chi connectivity index (χ1n) is 12.4. The van der Waals surface area contributed by atoms with Crippen LogP contribution in [0.25, 0.3) is 12.2 Å². The number of nitrogens with two attached hydrogens (primary N) is 2. The van der Waals surface area contributed by atoms with E-state index in [4.69, 9.17) is 20.9 Å². The summed E-state index contributed by atoms with van der Waals surface area (Å²) in [6.45, 7) is 10.4. The molecular weight excluding hydrogens is 548 g/mol. The first kappa shape index (κ1) is 29.6. The fourth-order valence-corrected chi connectivity index (χ4v) is 4.00. The molecule has 0 aromatic carbocycles. The molecule has 1 aromatic rings. The van der Waals surface area contributed by atoms with Crippen LogP contribution in [0.2, 0.25) is 0 Å². The number of esters is 2. The zero-order valence-electron chi connectivity index (χ0n) is 23.2. The second kappa shape index (κ2) is 11.9. The van der Waals surface area contributed by atoms with E-state index >= 15 is 0 Å². The van der Waals surface area contributed by atoms with Crippen LogP contribution in [-0.4, -0.2) is 44.2 Å². The van der Waals surface area contributed by atoms with Crippen LogP contribution in [-0.2, 0) is 36.9 Å². The molecule has 9 nitrogen and oxygen atoms in total. The number of rotatable bonds is 7. The summed E-state index contributed by atoms with van der Waals surface area (Å²) < 4.78 is 13.1. The molecule has 1 aromatic heterocycles. The zero-order valence-corrected chi connectivity index (χ0v) is 26.1. The number of carbonyl (C=O) groups excluding carboxylic acids is 2. The number of aromatic amines is 1. The van der Waals surface area contributed by atoms with Crippen LogP contribution in [0.5, 0.6) is 0 Å². The third-order valence-corrected chi connectivity index (χ3v) is 5.97. The molecule has 0 spiro atoms. The van der Waals surface area contributed by atoms with Crippen molar-refractivity contribution in [3.8, 4) is 0 Å². The Hall–Kier alpha value is -3.91. The Bertz CT molecular complexity index is 1430. The van der Waals surface area contributed by atoms with Crippen molar-refractivity contribution in [1.82, 2.24) is 4.98 Å². The molecule has 2 aliphatic rings. The molecule has 3 rings (SSSR count). The van der Waals surface area contributed by atoms with Gasteiger partial charge in [-0.1, -0.05) is 0 Å². The molecule has 39 heavy (non-hydrogen) atoms. The summed E-state index contributed by atoms with van der Waals surface area (Å²) in [6, 6.07) is 3.86. The van der Waals surface area contributed by atoms with Gasteiger partial charge < -0.3 is 20.9 Å². The molecule has 3 heterocycles. The number of aromatic nitrogens is 1. The number of hydrogen-bond acceptors (Lipinski definition) is 8. The van der Waals surface area contributed by atoms with E-state index in [1.54, 1.807) is 53.7 Å². The first-order chi connectivity index (χ1) is 18.2. The number of aliphatic imine (C=N–C) groups is 2. The summed E-state index contributed by atoms with van der Waals surface area (Å²) in [5, 5.41) is 0. The molecule has 0 aliphatic carbocycles. The Morgan fingerprint density at radius 3 is 1.92 bits per heavy atom. The molecule has 0 atom stereocenters. The molecule has 2 aliphatic heterocycles. The molecule has 0 saturated heterocycles. The normalized spacial score (nSPS) is 18.3. The number of nitrogens with one attached hydrogen (secondary N) is 1. The minimum atomic E-state index is -0.811. The Morgan fingerprint density at radius 2 is 1.41 bits per heavy atom. The van der Waals surface area contributed by atoms with Crippen LogP contribution in [0.4, 0.5) is 0 Å². The molecule has 10 heteroatoms. The van der Waals surface area contributed by atoms with E-state index in [0.29, 0.717) is 5.70 Å². The average Bonchev–Trinajstić information content (AvgIpc) is 3.54. The van der Waals surface area contributed by atoms with E-state index < -0.39 is 23.1 Å². The van der Waals surface area contributed by atoms with Crippen LogP contribution >= 0.6 is 0 Å². The van der Waals surface area contributed by atoms with Gasteiger partial charge in [-0.05, 0) is 41.5 Å². The maximum atomic E-state index is 13.2. The van der Waals surface area contributed by atoms with Gasteiger partial charge in [0.25, 0.3) is 0 Å². The summed E-state index contributed by atoms with van der Waals surface area (Å²) in [5.74, 6) is -1.50. The van der Waals surface area contributed by atoms with Gasteiger partial charge in [0.1, 0.15) is 16.8 Å². The SMILES string of the molecule is CC(C)(C)OC(=O)C(=CN)/C(N)=C(\C(=O)OC(C)(C)C)C1=NC(=Cc2ccc(C=C3C=CC([CH]=[Zn])=N3)[nH]2)C=C1. The van der Waals surface area contributed by atoms with E-state index in [9.17, 15) is 9.59 Å². The molecule has 200 valence electrons. The third kappa shape index (κ3) is 8.29. The second-order valence-electron chi connectivity index (χ2n) is 10.8. The van der Waals surface area contributed by atoms with Gasteiger partial charge in [0.15, 0.2) is 0 Å². The summed E-state index contributed by atoms with van der Waals surface area (Å²) in [5.41, 5.74) is 14.4. The predicted octanol–water partition coefficient (Wildman–Crippen LogP) is 3.81. The Balaban J connectivity index is 1.96. The van der Waals surface area contributed by atoms with Crippen LogP contribution in [0.3, 0.4) is 0 Å². The molecule has 0 radical (unpaired) electrons. The number of allylic oxidation sites excluding steroid dienone is 4. The summed E-state index contributed by atoms with van der Waals surface area (Å²) in [6.07, 6.45) is 12.1. The van der Waals surface area contributed by atoms with Crippen molar-refractivity contribution in [3.05, 3.63) is 82.3 Å². The maximum absolute atomic E-state index is 13.2. The van der Waals surface area contributed by atoms with Gasteiger partial charge in [-0.3, -0.25) is 0 Å². The van der Waals surface area contributed by atoms with Crippen LogP contribution in [0, 0.1) is 0 Å². The molecular formula is C29H33N5O4Zn. The molecule has 0 bridgehead atoms. The van der Waals surface area contributed by atoms with E-state index in [-0.39, 0.29) is 22.6 Å². The minimum absolute atomic E-state index is 0.0822. The van der Waals surface area contributed by atoms with Gasteiger partial charge in [-0.2, -0.15) is 0 Å². The average molecular weight is 581 g/mol. The molecule has 0 unspecified atom stereocenters. The molecule has 0 saturated carbocycles. The summed E-state index contributed by atoms with van der Waals surface area (Å²) >= 11 is 1.05. The summed E-state index contributed by atoms with van der Waals surface area (Å²) in [7, 11) is 0. The Kier molecular flexibility index (Phi) is 9.02. The van der Waals surface area contributed by atoms with Gasteiger partial charge in [0, 0.05) is 6.20 Å². The van der Waals surface area contributed by atoms with Crippen molar-refractivity contribution in [2.75, 3.05) is 0 Å². The van der Waals surface area contributed by atoms with Gasteiger partial charge in [-0.15, -0.1) is 0 Å². The van der Waals surface area contributed by atoms with Crippen molar-refractivity contribution in [1.29, 1.82) is 0 Å². The van der Waals surface area contributed by atoms with Crippen molar-refractivity contribution >= 4 is 40.1 Å². The fraction of sp³-hybridized carbons (Fsp3) is 0.276. The third-order valence-electron chi connectivity index (χ3n) is 5.10. The van der Waals surface area contributed by atoms with Crippen LogP contribution in [0.1, 0.15) is 52.9 Å². The van der Waals surface area contributed by atoms with Gasteiger partial charge in [-0.25, -0.2) is 9.59 Å². The van der Waals surface area contributed by atoms with E-state index in [1.165, 1.54) is 0 Å². The predicted molar refractivity (Wildman–Crippen MR) is 151 cm³/mol. The zero-order chi connectivity index (χ0) is 29.0. The van der Waals surface area contributed by atoms with Crippen molar-refractivity contribution in [2.24, 2.45) is 21.5 Å². The quantitative estimate of drug-likeness (QED) is 0.194. The van der Waals surface area contributed by atoms with Gasteiger partial charge in [0.05, 0.1) is 11.3 Å². The fourth-order valence-electron chi connectivity index (χ4n) is 3.52. The van der Waals surface area contributed by atoms with Gasteiger partial charge in [0.2, 0.25) is 0 Å². The van der Waals surface area contributed by atoms with Crippen LogP contribution < -0.4 is 11.5 Å². The number of carbonyl (C=O) groups is 2. The van der Waals surface area contributed by atoms with E-state index in [1.807, 2.05) is 36.4 Å². The number of H-pyrrole nitrogens is 1. The Labute approximate surface area is 238 Å². The van der Waals surface area contributed by atoms with Gasteiger partial charge >= 0.3 is 132 Å². The molecule has 0 amide bonds. The van der Waals surface area contributed by atoms with Crippen molar-refractivity contribution < 1.29 is 36.9 Å². The standard InChI is InChI=1S/C29H33N5O4.Zn/c1-17-8-9-18(32-17)14-19-10-11-20(33-19)15-21-12-13-23(34-21)24(27(36)38-29(5,6)7)25(31)22(16-30)26(35)37-28(2,3)4;/h1,8-16,33H,30-31H2,2-7H3;/b18-14?,21-15?,22-16?,25-24+;.